The quantitative estimate of drug-likeness (QED) is 0.537. The fraction of sp³-hybridized carbons (Fsp3) is 0.0952. The van der Waals surface area contributed by atoms with Crippen molar-refractivity contribution in [1.29, 1.82) is 0 Å². The van der Waals surface area contributed by atoms with Crippen molar-refractivity contribution < 1.29 is 17.6 Å². The van der Waals surface area contributed by atoms with Crippen LogP contribution in [0.2, 0.25) is 10.0 Å². The number of nitrogens with zero attached hydrogens (tertiary/aromatic N) is 1. The molecule has 0 aliphatic carbocycles. The van der Waals surface area contributed by atoms with Gasteiger partial charge >= 0.3 is 0 Å². The Balaban J connectivity index is 1.93. The van der Waals surface area contributed by atoms with E-state index >= 15 is 0 Å². The molecule has 0 saturated heterocycles. The van der Waals surface area contributed by atoms with Gasteiger partial charge in [0, 0.05) is 5.69 Å². The van der Waals surface area contributed by atoms with Crippen molar-refractivity contribution in [2.75, 3.05) is 16.2 Å². The second-order valence-electron chi connectivity index (χ2n) is 6.48. The summed E-state index contributed by atoms with van der Waals surface area (Å²) in [6, 6.07) is 15.6. The fourth-order valence-electron chi connectivity index (χ4n) is 2.66. The number of hydrogen-bond donors (Lipinski definition) is 1. The molecule has 30 heavy (non-hydrogen) atoms. The van der Waals surface area contributed by atoms with Gasteiger partial charge in [0.2, 0.25) is 5.91 Å². The van der Waals surface area contributed by atoms with E-state index in [9.17, 15) is 17.6 Å². The molecule has 9 heteroatoms. The van der Waals surface area contributed by atoms with E-state index in [1.165, 1.54) is 36.4 Å². The lowest BCUT2D eigenvalue weighted by Crippen LogP contribution is -2.38. The Morgan fingerprint density at radius 2 is 1.60 bits per heavy atom. The first-order valence-electron chi connectivity index (χ1n) is 8.77. The van der Waals surface area contributed by atoms with Gasteiger partial charge in [-0.1, -0.05) is 40.9 Å². The van der Waals surface area contributed by atoms with Gasteiger partial charge in [-0.15, -0.1) is 0 Å². The van der Waals surface area contributed by atoms with Gasteiger partial charge in [-0.05, 0) is 61.5 Å². The molecule has 3 aromatic carbocycles. The van der Waals surface area contributed by atoms with Crippen LogP contribution in [0.4, 0.5) is 15.8 Å². The molecule has 5 nitrogen and oxygen atoms in total. The fourth-order valence-corrected chi connectivity index (χ4v) is 4.38. The summed E-state index contributed by atoms with van der Waals surface area (Å²) in [5.41, 5.74) is 1.40. The van der Waals surface area contributed by atoms with Crippen LogP contribution in [0.25, 0.3) is 0 Å². The van der Waals surface area contributed by atoms with Crippen LogP contribution in [0.5, 0.6) is 0 Å². The van der Waals surface area contributed by atoms with E-state index in [2.05, 4.69) is 5.32 Å². The Bertz CT molecular complexity index is 1170. The van der Waals surface area contributed by atoms with Crippen LogP contribution in [0.1, 0.15) is 5.56 Å². The lowest BCUT2D eigenvalue weighted by molar-refractivity contribution is -0.114. The van der Waals surface area contributed by atoms with Gasteiger partial charge in [0.15, 0.2) is 0 Å². The zero-order chi connectivity index (χ0) is 21.9. The Kier molecular flexibility index (Phi) is 6.65. The van der Waals surface area contributed by atoms with E-state index in [0.29, 0.717) is 10.7 Å². The highest BCUT2D eigenvalue weighted by Gasteiger charge is 2.27. The molecule has 1 N–H and O–H groups in total. The van der Waals surface area contributed by atoms with E-state index in [1.54, 1.807) is 18.2 Å². The molecule has 0 aromatic heterocycles. The normalized spacial score (nSPS) is 11.2. The number of sulfonamides is 1. The average molecular weight is 467 g/mol. The van der Waals surface area contributed by atoms with Crippen LogP contribution in [0, 0.1) is 12.7 Å². The molecule has 0 spiro atoms. The summed E-state index contributed by atoms with van der Waals surface area (Å²) in [6.07, 6.45) is 0. The number of rotatable bonds is 6. The monoisotopic (exact) mass is 466 g/mol. The number of hydrogen-bond acceptors (Lipinski definition) is 3. The number of anilines is 2. The molecular formula is C21H17Cl2FN2O3S. The summed E-state index contributed by atoms with van der Waals surface area (Å²) in [7, 11) is -4.08. The SMILES string of the molecule is Cc1ccc(S(=O)(=O)N(CC(=O)Nc2ccc(Cl)c(Cl)c2)c2ccc(F)cc2)cc1. The average Bonchev–Trinajstić information content (AvgIpc) is 2.70. The van der Waals surface area contributed by atoms with Crippen LogP contribution >= 0.6 is 23.2 Å². The number of benzene rings is 3. The number of amides is 1. The van der Waals surface area contributed by atoms with Crippen LogP contribution < -0.4 is 9.62 Å². The highest BCUT2D eigenvalue weighted by molar-refractivity contribution is 7.92. The molecule has 0 fully saturated rings. The van der Waals surface area contributed by atoms with Crippen LogP contribution in [-0.4, -0.2) is 20.9 Å². The molecule has 0 aliphatic rings. The van der Waals surface area contributed by atoms with Gasteiger partial charge < -0.3 is 5.32 Å². The van der Waals surface area contributed by atoms with Gasteiger partial charge in [-0.2, -0.15) is 0 Å². The van der Waals surface area contributed by atoms with Gasteiger partial charge in [0.25, 0.3) is 10.0 Å². The number of nitrogens with one attached hydrogen (secondary N) is 1. The molecule has 3 rings (SSSR count). The maximum Gasteiger partial charge on any atom is 0.264 e. The number of aryl methyl sites for hydroxylation is 1. The number of carbonyl (C=O) groups is 1. The molecule has 0 saturated carbocycles. The number of carbonyl (C=O) groups excluding carboxylic acids is 1. The predicted molar refractivity (Wildman–Crippen MR) is 117 cm³/mol. The lowest BCUT2D eigenvalue weighted by atomic mass is 10.2. The minimum absolute atomic E-state index is 0.0137. The van der Waals surface area contributed by atoms with Crippen molar-refractivity contribution in [3.63, 3.8) is 0 Å². The molecule has 3 aromatic rings. The Morgan fingerprint density at radius 1 is 0.967 bits per heavy atom. The minimum Gasteiger partial charge on any atom is -0.324 e. The second-order valence-corrected chi connectivity index (χ2v) is 9.15. The largest absolute Gasteiger partial charge is 0.324 e. The number of halogens is 3. The second kappa shape index (κ2) is 9.04. The third-order valence-corrected chi connectivity index (χ3v) is 6.74. The molecule has 0 bridgehead atoms. The summed E-state index contributed by atoms with van der Waals surface area (Å²) < 4.78 is 40.7. The summed E-state index contributed by atoms with van der Waals surface area (Å²) >= 11 is 11.8. The molecule has 0 heterocycles. The molecule has 0 radical (unpaired) electrons. The summed E-state index contributed by atoms with van der Waals surface area (Å²) in [5.74, 6) is -1.12. The Hall–Kier alpha value is -2.61. The third-order valence-electron chi connectivity index (χ3n) is 4.21. The Labute approximate surface area is 184 Å². The Morgan fingerprint density at radius 3 is 2.20 bits per heavy atom. The maximum absolute atomic E-state index is 13.4. The van der Waals surface area contributed by atoms with Crippen LogP contribution in [-0.2, 0) is 14.8 Å². The zero-order valence-corrected chi connectivity index (χ0v) is 18.1. The van der Waals surface area contributed by atoms with Crippen LogP contribution in [0.3, 0.4) is 0 Å². The van der Waals surface area contributed by atoms with E-state index < -0.39 is 28.3 Å². The molecular weight excluding hydrogens is 450 g/mol. The lowest BCUT2D eigenvalue weighted by Gasteiger charge is -2.24. The van der Waals surface area contributed by atoms with Crippen molar-refractivity contribution in [3.05, 3.63) is 88.2 Å². The first-order chi connectivity index (χ1) is 14.2. The molecule has 0 aliphatic heterocycles. The van der Waals surface area contributed by atoms with E-state index in [0.717, 1.165) is 22.0 Å². The molecule has 0 unspecified atom stereocenters. The standard InChI is InChI=1S/C21H17Cl2FN2O3S/c1-14-2-9-18(10-3-14)30(28,29)26(17-7-4-15(24)5-8-17)13-21(27)25-16-6-11-19(22)20(23)12-16/h2-12H,13H2,1H3,(H,25,27). The van der Waals surface area contributed by atoms with Gasteiger partial charge in [-0.3, -0.25) is 9.10 Å². The highest BCUT2D eigenvalue weighted by atomic mass is 35.5. The topological polar surface area (TPSA) is 66.5 Å². The van der Waals surface area contributed by atoms with Crippen molar-refractivity contribution in [2.45, 2.75) is 11.8 Å². The highest BCUT2D eigenvalue weighted by Crippen LogP contribution is 2.26. The smallest absolute Gasteiger partial charge is 0.264 e. The summed E-state index contributed by atoms with van der Waals surface area (Å²) in [4.78, 5) is 12.6. The van der Waals surface area contributed by atoms with Gasteiger partial charge in [0.1, 0.15) is 12.4 Å². The van der Waals surface area contributed by atoms with Crippen molar-refractivity contribution in [3.8, 4) is 0 Å². The maximum atomic E-state index is 13.4. The zero-order valence-electron chi connectivity index (χ0n) is 15.8. The van der Waals surface area contributed by atoms with Crippen molar-refractivity contribution in [2.24, 2.45) is 0 Å². The summed E-state index contributed by atoms with van der Waals surface area (Å²) in [6.45, 7) is 1.31. The molecule has 156 valence electrons. The predicted octanol–water partition coefficient (Wildman–Crippen LogP) is 5.27. The molecule has 1 amide bonds. The van der Waals surface area contributed by atoms with Gasteiger partial charge in [-0.25, -0.2) is 12.8 Å². The minimum atomic E-state index is -4.08. The summed E-state index contributed by atoms with van der Waals surface area (Å²) in [5, 5.41) is 3.16. The molecule has 0 atom stereocenters. The van der Waals surface area contributed by atoms with E-state index in [1.807, 2.05) is 6.92 Å². The first-order valence-corrected chi connectivity index (χ1v) is 11.0. The third kappa shape index (κ3) is 5.11. The van der Waals surface area contributed by atoms with Crippen molar-refractivity contribution in [1.82, 2.24) is 0 Å². The van der Waals surface area contributed by atoms with E-state index in [4.69, 9.17) is 23.2 Å². The van der Waals surface area contributed by atoms with Gasteiger partial charge in [0.05, 0.1) is 20.6 Å². The first kappa shape index (κ1) is 22.1. The van der Waals surface area contributed by atoms with Crippen LogP contribution in [0.15, 0.2) is 71.6 Å². The van der Waals surface area contributed by atoms with E-state index in [-0.39, 0.29) is 15.6 Å². The van der Waals surface area contributed by atoms with Crippen molar-refractivity contribution >= 4 is 50.5 Å².